The van der Waals surface area contributed by atoms with E-state index in [1.807, 2.05) is 35.8 Å². The third-order valence-electron chi connectivity index (χ3n) is 6.44. The molecule has 0 saturated carbocycles. The molecule has 5 rings (SSSR count). The molecule has 1 amide bonds. The predicted molar refractivity (Wildman–Crippen MR) is 138 cm³/mol. The Morgan fingerprint density at radius 2 is 1.91 bits per heavy atom. The van der Waals surface area contributed by atoms with E-state index in [4.69, 9.17) is 15.7 Å². The van der Waals surface area contributed by atoms with Crippen LogP contribution in [0.5, 0.6) is 0 Å². The van der Waals surface area contributed by atoms with Crippen molar-refractivity contribution < 1.29 is 4.79 Å². The lowest BCUT2D eigenvalue weighted by Gasteiger charge is -2.32. The second kappa shape index (κ2) is 9.68. The highest BCUT2D eigenvalue weighted by Gasteiger charge is 2.21. The molecule has 1 aromatic carbocycles. The van der Waals surface area contributed by atoms with Gasteiger partial charge in [-0.15, -0.1) is 0 Å². The number of imidazole rings is 1. The summed E-state index contributed by atoms with van der Waals surface area (Å²) in [7, 11) is 0. The van der Waals surface area contributed by atoms with Crippen molar-refractivity contribution in [2.24, 2.45) is 0 Å². The lowest BCUT2D eigenvalue weighted by molar-refractivity contribution is -0.117. The first-order valence-corrected chi connectivity index (χ1v) is 11.8. The van der Waals surface area contributed by atoms with Crippen LogP contribution in [0.2, 0.25) is 0 Å². The first kappa shape index (κ1) is 22.7. The molecule has 4 heterocycles. The number of carbonyl (C=O) groups excluding carboxylic acids is 1. The van der Waals surface area contributed by atoms with Crippen molar-refractivity contribution in [1.29, 1.82) is 0 Å². The largest absolute Gasteiger partial charge is 0.383 e. The van der Waals surface area contributed by atoms with Crippen LogP contribution < -0.4 is 11.1 Å². The Balaban J connectivity index is 1.39. The molecule has 3 N–H and O–H groups in total. The van der Waals surface area contributed by atoms with Gasteiger partial charge in [0.05, 0.1) is 5.56 Å². The molecule has 1 aliphatic heterocycles. The van der Waals surface area contributed by atoms with E-state index in [9.17, 15) is 4.79 Å². The second-order valence-corrected chi connectivity index (χ2v) is 8.93. The summed E-state index contributed by atoms with van der Waals surface area (Å²) in [5, 5.41) is 3.01. The van der Waals surface area contributed by atoms with Gasteiger partial charge in [0.15, 0.2) is 11.5 Å². The van der Waals surface area contributed by atoms with Gasteiger partial charge >= 0.3 is 0 Å². The van der Waals surface area contributed by atoms with Crippen LogP contribution in [0.3, 0.4) is 0 Å². The summed E-state index contributed by atoms with van der Waals surface area (Å²) < 4.78 is 2.05. The molecule has 35 heavy (non-hydrogen) atoms. The topological polar surface area (TPSA) is 102 Å². The van der Waals surface area contributed by atoms with Crippen molar-refractivity contribution in [2.75, 3.05) is 18.8 Å². The third-order valence-corrected chi connectivity index (χ3v) is 6.44. The highest BCUT2D eigenvalue weighted by Crippen LogP contribution is 2.30. The zero-order chi connectivity index (χ0) is 24.4. The first-order valence-electron chi connectivity index (χ1n) is 11.8. The highest BCUT2D eigenvalue weighted by atomic mass is 16.1. The van der Waals surface area contributed by atoms with Crippen molar-refractivity contribution in [3.63, 3.8) is 0 Å². The van der Waals surface area contributed by atoms with E-state index >= 15 is 0 Å². The van der Waals surface area contributed by atoms with Crippen LogP contribution in [0.4, 0.5) is 5.82 Å². The molecule has 3 aromatic heterocycles. The van der Waals surface area contributed by atoms with Gasteiger partial charge in [0.2, 0.25) is 5.91 Å². The van der Waals surface area contributed by atoms with E-state index in [0.717, 1.165) is 66.4 Å². The average Bonchev–Trinajstić information content (AvgIpc) is 3.24. The zero-order valence-corrected chi connectivity index (χ0v) is 19.8. The van der Waals surface area contributed by atoms with Gasteiger partial charge in [0.1, 0.15) is 11.3 Å². The van der Waals surface area contributed by atoms with Crippen LogP contribution in [-0.4, -0.2) is 49.5 Å². The van der Waals surface area contributed by atoms with E-state index in [2.05, 4.69) is 46.0 Å². The highest BCUT2D eigenvalue weighted by molar-refractivity contribution is 5.87. The molecule has 1 saturated heterocycles. The number of likely N-dealkylation sites (tertiary alicyclic amines) is 1. The molecule has 4 aromatic rings. The number of aromatic nitrogens is 4. The van der Waals surface area contributed by atoms with Crippen LogP contribution in [0.1, 0.15) is 24.1 Å². The van der Waals surface area contributed by atoms with Crippen molar-refractivity contribution in [1.82, 2.24) is 29.7 Å². The maximum atomic E-state index is 11.6. The number of hydrogen-bond acceptors (Lipinski definition) is 6. The molecule has 0 aliphatic carbocycles. The quantitative estimate of drug-likeness (QED) is 0.420. The minimum absolute atomic E-state index is 0.0943. The number of aryl methyl sites for hydroxylation is 1. The maximum absolute atomic E-state index is 11.6. The number of nitrogens with two attached hydrogens (primary N) is 1. The predicted octanol–water partition coefficient (Wildman–Crippen LogP) is 3.64. The maximum Gasteiger partial charge on any atom is 0.243 e. The lowest BCUT2D eigenvalue weighted by Crippen LogP contribution is -2.43. The molecule has 1 fully saturated rings. The van der Waals surface area contributed by atoms with Gasteiger partial charge in [-0.2, -0.15) is 0 Å². The lowest BCUT2D eigenvalue weighted by atomic mass is 10.0. The minimum Gasteiger partial charge on any atom is -0.383 e. The number of benzene rings is 1. The van der Waals surface area contributed by atoms with E-state index in [1.165, 1.54) is 11.6 Å². The summed E-state index contributed by atoms with van der Waals surface area (Å²) in [4.78, 5) is 27.8. The number of anilines is 1. The Morgan fingerprint density at radius 3 is 2.63 bits per heavy atom. The fourth-order valence-corrected chi connectivity index (χ4v) is 4.59. The van der Waals surface area contributed by atoms with Gasteiger partial charge in [-0.3, -0.25) is 14.3 Å². The smallest absolute Gasteiger partial charge is 0.243 e. The number of amides is 1. The number of carbonyl (C=O) groups is 1. The van der Waals surface area contributed by atoms with Gasteiger partial charge in [-0.1, -0.05) is 18.7 Å². The number of rotatable bonds is 6. The van der Waals surface area contributed by atoms with Crippen molar-refractivity contribution in [2.45, 2.75) is 32.4 Å². The molecule has 0 radical (unpaired) electrons. The standard InChI is InChI=1S/C27H29N7O/c1-3-24(35)31-20-12-15-33(16-13-20)17-19-7-9-21(10-8-19)34-26(22-5-4-14-29-25(22)28)32-23-11-6-18(2)30-27(23)34/h3-11,14,20H,1,12-13,15-17H2,2H3,(H2,28,29)(H,31,35). The fraction of sp³-hybridized carbons (Fsp3) is 0.259. The number of hydrogen-bond donors (Lipinski definition) is 2. The second-order valence-electron chi connectivity index (χ2n) is 8.93. The summed E-state index contributed by atoms with van der Waals surface area (Å²) in [6.07, 6.45) is 4.90. The number of pyridine rings is 2. The van der Waals surface area contributed by atoms with E-state index in [0.29, 0.717) is 5.82 Å². The molecule has 8 heteroatoms. The Hall–Kier alpha value is -4.04. The van der Waals surface area contributed by atoms with Gasteiger partial charge in [-0.25, -0.2) is 15.0 Å². The number of piperidine rings is 1. The van der Waals surface area contributed by atoms with Crippen LogP contribution in [0.15, 0.2) is 67.4 Å². The Kier molecular flexibility index (Phi) is 6.29. The number of nitrogens with one attached hydrogen (secondary N) is 1. The molecule has 0 atom stereocenters. The normalized spacial score (nSPS) is 14.8. The fourth-order valence-electron chi connectivity index (χ4n) is 4.59. The van der Waals surface area contributed by atoms with Gasteiger partial charge in [0, 0.05) is 43.3 Å². The summed E-state index contributed by atoms with van der Waals surface area (Å²) in [6, 6.07) is 16.5. The minimum atomic E-state index is -0.0943. The van der Waals surface area contributed by atoms with Crippen molar-refractivity contribution >= 4 is 22.9 Å². The summed E-state index contributed by atoms with van der Waals surface area (Å²) >= 11 is 0. The average molecular weight is 468 g/mol. The Labute approximate surface area is 204 Å². The molecule has 0 unspecified atom stereocenters. The zero-order valence-electron chi connectivity index (χ0n) is 19.8. The van der Waals surface area contributed by atoms with Gasteiger partial charge in [-0.05, 0) is 67.8 Å². The molecule has 8 nitrogen and oxygen atoms in total. The monoisotopic (exact) mass is 467 g/mol. The van der Waals surface area contributed by atoms with Gasteiger partial charge in [0.25, 0.3) is 0 Å². The van der Waals surface area contributed by atoms with Crippen LogP contribution >= 0.6 is 0 Å². The van der Waals surface area contributed by atoms with Crippen LogP contribution in [-0.2, 0) is 11.3 Å². The molecular weight excluding hydrogens is 438 g/mol. The molecule has 0 spiro atoms. The van der Waals surface area contributed by atoms with Crippen LogP contribution in [0, 0.1) is 6.92 Å². The number of nitrogens with zero attached hydrogens (tertiary/aromatic N) is 5. The Bertz CT molecular complexity index is 1370. The van der Waals surface area contributed by atoms with E-state index in [-0.39, 0.29) is 11.9 Å². The van der Waals surface area contributed by atoms with Crippen molar-refractivity contribution in [3.05, 3.63) is 78.6 Å². The molecule has 0 bridgehead atoms. The molecular formula is C27H29N7O. The SMILES string of the molecule is C=CC(=O)NC1CCN(Cc2ccc(-n3c(-c4cccnc4N)nc4ccc(C)nc43)cc2)CC1. The summed E-state index contributed by atoms with van der Waals surface area (Å²) in [6.45, 7) is 8.27. The van der Waals surface area contributed by atoms with Gasteiger partial charge < -0.3 is 11.1 Å². The Morgan fingerprint density at radius 1 is 1.14 bits per heavy atom. The summed E-state index contributed by atoms with van der Waals surface area (Å²) in [5.41, 5.74) is 11.7. The number of nitrogen functional groups attached to an aromatic ring is 1. The first-order chi connectivity index (χ1) is 17.0. The third kappa shape index (κ3) is 4.79. The van der Waals surface area contributed by atoms with Crippen LogP contribution in [0.25, 0.3) is 28.2 Å². The number of fused-ring (bicyclic) bond motifs is 1. The van der Waals surface area contributed by atoms with E-state index in [1.54, 1.807) is 6.20 Å². The molecule has 1 aliphatic rings. The van der Waals surface area contributed by atoms with Crippen molar-refractivity contribution in [3.8, 4) is 17.1 Å². The molecule has 178 valence electrons. The van der Waals surface area contributed by atoms with E-state index < -0.39 is 0 Å². The summed E-state index contributed by atoms with van der Waals surface area (Å²) in [5.74, 6) is 1.06.